The number of sulfonamides is 1. The van der Waals surface area contributed by atoms with Crippen molar-refractivity contribution in [3.63, 3.8) is 0 Å². The number of halogens is 4. The second kappa shape index (κ2) is 14.1. The number of aryl methyl sites for hydroxylation is 1. The predicted molar refractivity (Wildman–Crippen MR) is 167 cm³/mol. The molecular weight excluding hydrogens is 628 g/mol. The van der Waals surface area contributed by atoms with Crippen LogP contribution in [0, 0.1) is 6.92 Å². The number of hydrogen-bond donors (Lipinski definition) is 1. The molecule has 0 spiro atoms. The quantitative estimate of drug-likeness (QED) is 0.237. The Bertz CT molecular complexity index is 1520. The van der Waals surface area contributed by atoms with Gasteiger partial charge in [-0.1, -0.05) is 77.1 Å². The van der Waals surface area contributed by atoms with E-state index in [1.807, 2.05) is 20.8 Å². The number of rotatable bonds is 11. The van der Waals surface area contributed by atoms with Gasteiger partial charge in [-0.3, -0.25) is 13.9 Å². The Balaban J connectivity index is 2.07. The highest BCUT2D eigenvalue weighted by Gasteiger charge is 2.33. The van der Waals surface area contributed by atoms with Crippen molar-refractivity contribution < 1.29 is 18.0 Å². The van der Waals surface area contributed by atoms with Crippen LogP contribution >= 0.6 is 46.4 Å². The molecule has 0 aromatic heterocycles. The average molecular weight is 659 g/mol. The van der Waals surface area contributed by atoms with Gasteiger partial charge in [0.25, 0.3) is 10.0 Å². The summed E-state index contributed by atoms with van der Waals surface area (Å²) in [6, 6.07) is 14.3. The van der Waals surface area contributed by atoms with E-state index < -0.39 is 28.5 Å². The second-order valence-corrected chi connectivity index (χ2v) is 13.2. The third-order valence-electron chi connectivity index (χ3n) is 6.60. The predicted octanol–water partition coefficient (Wildman–Crippen LogP) is 7.14. The fourth-order valence-electron chi connectivity index (χ4n) is 3.89. The van der Waals surface area contributed by atoms with E-state index in [2.05, 4.69) is 5.32 Å². The van der Waals surface area contributed by atoms with Crippen LogP contribution in [0.25, 0.3) is 0 Å². The van der Waals surface area contributed by atoms with Crippen molar-refractivity contribution >= 4 is 73.9 Å². The van der Waals surface area contributed by atoms with Crippen LogP contribution in [0.2, 0.25) is 20.1 Å². The van der Waals surface area contributed by atoms with Crippen LogP contribution in [0.15, 0.2) is 65.6 Å². The Morgan fingerprint density at radius 2 is 1.54 bits per heavy atom. The monoisotopic (exact) mass is 657 g/mol. The summed E-state index contributed by atoms with van der Waals surface area (Å²) in [6.07, 6.45) is 0.690. The van der Waals surface area contributed by atoms with E-state index in [4.69, 9.17) is 46.4 Å². The van der Waals surface area contributed by atoms with Crippen molar-refractivity contribution in [2.24, 2.45) is 0 Å². The molecule has 7 nitrogen and oxygen atoms in total. The molecule has 2 amide bonds. The molecule has 0 bridgehead atoms. The van der Waals surface area contributed by atoms with Crippen molar-refractivity contribution in [2.75, 3.05) is 10.8 Å². The van der Waals surface area contributed by atoms with Crippen LogP contribution in [-0.2, 0) is 26.2 Å². The van der Waals surface area contributed by atoms with Crippen molar-refractivity contribution in [3.05, 3.63) is 91.9 Å². The second-order valence-electron chi connectivity index (χ2n) is 9.67. The number of carbonyl (C=O) groups excluding carboxylic acids is 2. The van der Waals surface area contributed by atoms with Gasteiger partial charge in [0.2, 0.25) is 11.8 Å². The van der Waals surface area contributed by atoms with Gasteiger partial charge >= 0.3 is 0 Å². The highest BCUT2D eigenvalue weighted by molar-refractivity contribution is 7.92. The maximum Gasteiger partial charge on any atom is 0.264 e. The fourth-order valence-corrected chi connectivity index (χ4v) is 6.05. The highest BCUT2D eigenvalue weighted by Crippen LogP contribution is 2.31. The number of anilines is 1. The summed E-state index contributed by atoms with van der Waals surface area (Å²) in [7, 11) is -4.24. The summed E-state index contributed by atoms with van der Waals surface area (Å²) in [5.41, 5.74) is 1.54. The van der Waals surface area contributed by atoms with Gasteiger partial charge in [0.05, 0.1) is 20.6 Å². The molecule has 3 aromatic rings. The van der Waals surface area contributed by atoms with Crippen molar-refractivity contribution in [2.45, 2.75) is 57.6 Å². The molecular formula is C29H31Cl4N3O4S. The Hall–Kier alpha value is -2.49. The largest absolute Gasteiger partial charge is 0.352 e. The normalized spacial score (nSPS) is 12.9. The Labute approximate surface area is 261 Å². The van der Waals surface area contributed by atoms with Crippen LogP contribution in [0.4, 0.5) is 5.69 Å². The first-order valence-corrected chi connectivity index (χ1v) is 15.8. The summed E-state index contributed by atoms with van der Waals surface area (Å²) >= 11 is 24.8. The average Bonchev–Trinajstić information content (AvgIpc) is 2.92. The zero-order valence-corrected chi connectivity index (χ0v) is 26.8. The van der Waals surface area contributed by atoms with Crippen LogP contribution in [0.3, 0.4) is 0 Å². The van der Waals surface area contributed by atoms with Crippen LogP contribution in [-0.4, -0.2) is 43.8 Å². The molecule has 3 aromatic carbocycles. The minimum atomic E-state index is -4.24. The molecule has 2 unspecified atom stereocenters. The first-order valence-electron chi connectivity index (χ1n) is 12.8. The minimum Gasteiger partial charge on any atom is -0.352 e. The molecule has 0 aliphatic rings. The molecule has 41 heavy (non-hydrogen) atoms. The zero-order chi connectivity index (χ0) is 30.5. The molecule has 0 radical (unpaired) electrons. The van der Waals surface area contributed by atoms with Gasteiger partial charge in [-0.15, -0.1) is 0 Å². The summed E-state index contributed by atoms with van der Waals surface area (Å²) in [5, 5.41) is 3.94. The van der Waals surface area contributed by atoms with E-state index in [1.54, 1.807) is 31.2 Å². The van der Waals surface area contributed by atoms with E-state index in [0.29, 0.717) is 22.0 Å². The number of carbonyl (C=O) groups is 2. The standard InChI is InChI=1S/C29H31Cl4N3O4S/c1-5-19(3)34-29(38)20(4)35(16-21-8-9-22(30)14-26(21)32)28(37)17-36(23-10-13-25(31)27(33)15-23)41(39,40)24-11-6-18(2)7-12-24/h6-15,19-20H,5,16-17H2,1-4H3,(H,34,38). The molecule has 12 heteroatoms. The number of benzene rings is 3. The third-order valence-corrected chi connectivity index (χ3v) is 9.72. The van der Waals surface area contributed by atoms with Gasteiger partial charge in [-0.2, -0.15) is 0 Å². The van der Waals surface area contributed by atoms with Crippen molar-refractivity contribution in [1.82, 2.24) is 10.2 Å². The molecule has 0 fully saturated rings. The molecule has 2 atom stereocenters. The van der Waals surface area contributed by atoms with Gasteiger partial charge < -0.3 is 10.2 Å². The van der Waals surface area contributed by atoms with Crippen LogP contribution in [0.5, 0.6) is 0 Å². The van der Waals surface area contributed by atoms with E-state index in [9.17, 15) is 18.0 Å². The van der Waals surface area contributed by atoms with E-state index >= 15 is 0 Å². The SMILES string of the molecule is CCC(C)NC(=O)C(C)N(Cc1ccc(Cl)cc1Cl)C(=O)CN(c1ccc(Cl)c(Cl)c1)S(=O)(=O)c1ccc(C)cc1. The lowest BCUT2D eigenvalue weighted by molar-refractivity contribution is -0.139. The lowest BCUT2D eigenvalue weighted by Crippen LogP contribution is -2.52. The molecule has 0 saturated heterocycles. The van der Waals surface area contributed by atoms with Gasteiger partial charge in [0.1, 0.15) is 12.6 Å². The number of nitrogens with one attached hydrogen (secondary N) is 1. The first-order chi connectivity index (χ1) is 19.2. The Kier molecular flexibility index (Phi) is 11.4. The molecule has 0 saturated carbocycles. The Morgan fingerprint density at radius 3 is 2.12 bits per heavy atom. The Morgan fingerprint density at radius 1 is 0.878 bits per heavy atom. The summed E-state index contributed by atoms with van der Waals surface area (Å²) in [5.74, 6) is -1.02. The first kappa shape index (κ1) is 33.0. The third kappa shape index (κ3) is 8.30. The minimum absolute atomic E-state index is 0.0168. The molecule has 0 heterocycles. The van der Waals surface area contributed by atoms with Gasteiger partial charge in [-0.25, -0.2) is 8.42 Å². The highest BCUT2D eigenvalue weighted by atomic mass is 35.5. The van der Waals surface area contributed by atoms with Gasteiger partial charge in [0, 0.05) is 22.6 Å². The van der Waals surface area contributed by atoms with Gasteiger partial charge in [0.15, 0.2) is 0 Å². The number of amides is 2. The van der Waals surface area contributed by atoms with Crippen molar-refractivity contribution in [3.8, 4) is 0 Å². The lowest BCUT2D eigenvalue weighted by Gasteiger charge is -2.32. The summed E-state index contributed by atoms with van der Waals surface area (Å²) < 4.78 is 28.8. The van der Waals surface area contributed by atoms with Crippen molar-refractivity contribution in [1.29, 1.82) is 0 Å². The molecule has 1 N–H and O–H groups in total. The van der Waals surface area contributed by atoms with Gasteiger partial charge in [-0.05, 0) is 75.2 Å². The van der Waals surface area contributed by atoms with Crippen LogP contribution in [0.1, 0.15) is 38.3 Å². The number of nitrogens with zero attached hydrogens (tertiary/aromatic N) is 2. The summed E-state index contributed by atoms with van der Waals surface area (Å²) in [6.45, 7) is 6.51. The fraction of sp³-hybridized carbons (Fsp3) is 0.310. The molecule has 0 aliphatic heterocycles. The molecule has 0 aliphatic carbocycles. The van der Waals surface area contributed by atoms with E-state index in [-0.39, 0.29) is 39.1 Å². The molecule has 220 valence electrons. The maximum atomic E-state index is 14.0. The number of hydrogen-bond acceptors (Lipinski definition) is 4. The zero-order valence-electron chi connectivity index (χ0n) is 23.0. The van der Waals surface area contributed by atoms with E-state index in [0.717, 1.165) is 9.87 Å². The van der Waals surface area contributed by atoms with E-state index in [1.165, 1.54) is 41.3 Å². The molecule has 3 rings (SSSR count). The maximum absolute atomic E-state index is 14.0. The summed E-state index contributed by atoms with van der Waals surface area (Å²) in [4.78, 5) is 28.4. The lowest BCUT2D eigenvalue weighted by atomic mass is 10.1. The smallest absolute Gasteiger partial charge is 0.264 e. The van der Waals surface area contributed by atoms with Crippen LogP contribution < -0.4 is 9.62 Å². The topological polar surface area (TPSA) is 86.8 Å².